The number of carbonyl (C=O) groups is 1. The van der Waals surface area contributed by atoms with Crippen molar-refractivity contribution in [2.45, 2.75) is 26.2 Å². The molecule has 0 saturated heterocycles. The molecule has 0 amide bonds. The summed E-state index contributed by atoms with van der Waals surface area (Å²) in [6.45, 7) is 2.17. The predicted octanol–water partition coefficient (Wildman–Crippen LogP) is 2.49. The number of hydrogen-bond acceptors (Lipinski definition) is 1. The summed E-state index contributed by atoms with van der Waals surface area (Å²) in [7, 11) is 0. The van der Waals surface area contributed by atoms with Gasteiger partial charge in [0.2, 0.25) is 0 Å². The second-order valence-electron chi connectivity index (χ2n) is 3.86. The monoisotopic (exact) mass is 162 g/mol. The first-order chi connectivity index (χ1) is 5.77. The van der Waals surface area contributed by atoms with Gasteiger partial charge in [-0.3, -0.25) is 4.79 Å². The van der Waals surface area contributed by atoms with Crippen LogP contribution in [-0.4, -0.2) is 5.78 Å². The first-order valence-corrected chi connectivity index (χ1v) is 4.65. The Kier molecular flexibility index (Phi) is 1.87. The van der Waals surface area contributed by atoms with Gasteiger partial charge < -0.3 is 0 Å². The van der Waals surface area contributed by atoms with Gasteiger partial charge in [0.1, 0.15) is 0 Å². The van der Waals surface area contributed by atoms with Crippen LogP contribution in [-0.2, 0) is 4.79 Å². The number of fused-ring (bicyclic) bond motifs is 1. The summed E-state index contributed by atoms with van der Waals surface area (Å²) < 4.78 is 0. The minimum Gasteiger partial charge on any atom is -0.295 e. The van der Waals surface area contributed by atoms with E-state index in [1.807, 2.05) is 6.08 Å². The van der Waals surface area contributed by atoms with Crippen LogP contribution in [0.15, 0.2) is 23.8 Å². The van der Waals surface area contributed by atoms with E-state index in [0.717, 1.165) is 19.3 Å². The first kappa shape index (κ1) is 7.78. The second-order valence-corrected chi connectivity index (χ2v) is 3.86. The van der Waals surface area contributed by atoms with E-state index in [1.54, 1.807) is 6.08 Å². The fourth-order valence-electron chi connectivity index (χ4n) is 2.21. The van der Waals surface area contributed by atoms with Crippen molar-refractivity contribution in [2.24, 2.45) is 11.8 Å². The number of carbonyl (C=O) groups excluding carboxylic acids is 1. The third kappa shape index (κ3) is 1.24. The van der Waals surface area contributed by atoms with E-state index < -0.39 is 0 Å². The van der Waals surface area contributed by atoms with Crippen LogP contribution in [0, 0.1) is 11.8 Å². The molecule has 0 radical (unpaired) electrons. The van der Waals surface area contributed by atoms with Gasteiger partial charge in [-0.2, -0.15) is 0 Å². The zero-order valence-electron chi connectivity index (χ0n) is 7.42. The summed E-state index contributed by atoms with van der Waals surface area (Å²) >= 11 is 0. The van der Waals surface area contributed by atoms with Crippen LogP contribution in [0.5, 0.6) is 0 Å². The Hall–Kier alpha value is -0.850. The Morgan fingerprint density at radius 1 is 1.50 bits per heavy atom. The minimum absolute atomic E-state index is 0.304. The number of rotatable bonds is 0. The maximum Gasteiger partial charge on any atom is 0.159 e. The highest BCUT2D eigenvalue weighted by molar-refractivity contribution is 5.93. The zero-order chi connectivity index (χ0) is 8.55. The van der Waals surface area contributed by atoms with E-state index in [-0.39, 0.29) is 0 Å². The largest absolute Gasteiger partial charge is 0.295 e. The molecule has 0 aromatic carbocycles. The quantitative estimate of drug-likeness (QED) is 0.500. The lowest BCUT2D eigenvalue weighted by molar-refractivity contribution is -0.120. The van der Waals surface area contributed by atoms with Crippen molar-refractivity contribution in [3.05, 3.63) is 23.8 Å². The number of ketones is 1. The van der Waals surface area contributed by atoms with Gasteiger partial charge in [0.05, 0.1) is 0 Å². The van der Waals surface area contributed by atoms with Gasteiger partial charge in [0.25, 0.3) is 0 Å². The maximum atomic E-state index is 11.4. The molecule has 0 fully saturated rings. The van der Waals surface area contributed by atoms with Crippen molar-refractivity contribution < 1.29 is 4.79 Å². The van der Waals surface area contributed by atoms with E-state index in [0.29, 0.717) is 17.6 Å². The molecular formula is C11H14O. The summed E-state index contributed by atoms with van der Waals surface area (Å²) in [6.07, 6.45) is 9.30. The first-order valence-electron chi connectivity index (χ1n) is 4.65. The van der Waals surface area contributed by atoms with Gasteiger partial charge in [-0.05, 0) is 38.2 Å². The zero-order valence-corrected chi connectivity index (χ0v) is 7.42. The van der Waals surface area contributed by atoms with Crippen molar-refractivity contribution in [3.8, 4) is 0 Å². The molecule has 0 saturated carbocycles. The Morgan fingerprint density at radius 3 is 3.17 bits per heavy atom. The average molecular weight is 162 g/mol. The summed E-state index contributed by atoms with van der Waals surface area (Å²) in [4.78, 5) is 11.4. The van der Waals surface area contributed by atoms with Crippen molar-refractivity contribution in [1.29, 1.82) is 0 Å². The third-order valence-corrected chi connectivity index (χ3v) is 2.92. The molecule has 2 aliphatic carbocycles. The molecule has 1 heteroatoms. The standard InChI is InChI=1S/C11H14O/c1-8-5-6-10-9(7-8)3-2-4-11(10)12/h2,4,7,9-10H,3,5-6H2,1H3. The molecular weight excluding hydrogens is 148 g/mol. The molecule has 64 valence electrons. The highest BCUT2D eigenvalue weighted by Crippen LogP contribution is 2.34. The minimum atomic E-state index is 0.304. The lowest BCUT2D eigenvalue weighted by Crippen LogP contribution is -2.26. The predicted molar refractivity (Wildman–Crippen MR) is 48.7 cm³/mol. The smallest absolute Gasteiger partial charge is 0.159 e. The van der Waals surface area contributed by atoms with Crippen molar-refractivity contribution in [2.75, 3.05) is 0 Å². The van der Waals surface area contributed by atoms with Gasteiger partial charge in [-0.25, -0.2) is 0 Å². The number of allylic oxidation sites excluding steroid dienone is 4. The molecule has 0 aromatic rings. The normalized spacial score (nSPS) is 34.4. The Bertz CT molecular complexity index is 260. The molecule has 0 N–H and O–H groups in total. The molecule has 1 nitrogen and oxygen atoms in total. The average Bonchev–Trinajstić information content (AvgIpc) is 2.04. The van der Waals surface area contributed by atoms with Crippen LogP contribution in [0.2, 0.25) is 0 Å². The summed E-state index contributed by atoms with van der Waals surface area (Å²) in [6, 6.07) is 0. The molecule has 0 spiro atoms. The molecule has 2 rings (SSSR count). The van der Waals surface area contributed by atoms with Crippen LogP contribution in [0.3, 0.4) is 0 Å². The fraction of sp³-hybridized carbons (Fsp3) is 0.545. The van der Waals surface area contributed by atoms with Gasteiger partial charge >= 0.3 is 0 Å². The summed E-state index contributed by atoms with van der Waals surface area (Å²) in [5.41, 5.74) is 1.46. The van der Waals surface area contributed by atoms with Crippen molar-refractivity contribution in [3.63, 3.8) is 0 Å². The molecule has 12 heavy (non-hydrogen) atoms. The van der Waals surface area contributed by atoms with Gasteiger partial charge in [0, 0.05) is 5.92 Å². The molecule has 0 aliphatic heterocycles. The molecule has 2 aliphatic rings. The van der Waals surface area contributed by atoms with Gasteiger partial charge in [-0.1, -0.05) is 17.7 Å². The lowest BCUT2D eigenvalue weighted by atomic mass is 9.74. The van der Waals surface area contributed by atoms with Crippen LogP contribution in [0.25, 0.3) is 0 Å². The van der Waals surface area contributed by atoms with Crippen LogP contribution >= 0.6 is 0 Å². The molecule has 2 unspecified atom stereocenters. The summed E-state index contributed by atoms with van der Waals surface area (Å²) in [5, 5.41) is 0. The van der Waals surface area contributed by atoms with Crippen molar-refractivity contribution >= 4 is 5.78 Å². The molecule has 0 aromatic heterocycles. The highest BCUT2D eigenvalue weighted by Gasteiger charge is 2.29. The van der Waals surface area contributed by atoms with Crippen molar-refractivity contribution in [1.82, 2.24) is 0 Å². The van der Waals surface area contributed by atoms with E-state index in [4.69, 9.17) is 0 Å². The van der Waals surface area contributed by atoms with Gasteiger partial charge in [-0.15, -0.1) is 0 Å². The van der Waals surface area contributed by atoms with E-state index in [1.165, 1.54) is 5.57 Å². The third-order valence-electron chi connectivity index (χ3n) is 2.92. The SMILES string of the molecule is CC1=CC2CC=CC(=O)C2CC1. The van der Waals surface area contributed by atoms with E-state index >= 15 is 0 Å². The van der Waals surface area contributed by atoms with E-state index in [2.05, 4.69) is 13.0 Å². The van der Waals surface area contributed by atoms with Crippen LogP contribution < -0.4 is 0 Å². The van der Waals surface area contributed by atoms with E-state index in [9.17, 15) is 4.79 Å². The molecule has 0 heterocycles. The highest BCUT2D eigenvalue weighted by atomic mass is 16.1. The van der Waals surface area contributed by atoms with Crippen LogP contribution in [0.1, 0.15) is 26.2 Å². The second kappa shape index (κ2) is 2.89. The van der Waals surface area contributed by atoms with Crippen LogP contribution in [0.4, 0.5) is 0 Å². The topological polar surface area (TPSA) is 17.1 Å². The Labute approximate surface area is 73.2 Å². The Balaban J connectivity index is 2.25. The molecule has 2 atom stereocenters. The number of hydrogen-bond donors (Lipinski definition) is 0. The maximum absolute atomic E-state index is 11.4. The molecule has 0 bridgehead atoms. The summed E-state index contributed by atoms with van der Waals surface area (Å²) in [5.74, 6) is 1.16. The van der Waals surface area contributed by atoms with Gasteiger partial charge in [0.15, 0.2) is 5.78 Å². The Morgan fingerprint density at radius 2 is 2.33 bits per heavy atom. The fourth-order valence-corrected chi connectivity index (χ4v) is 2.21. The lowest BCUT2D eigenvalue weighted by Gasteiger charge is -2.29.